The lowest BCUT2D eigenvalue weighted by Gasteiger charge is -2.34. The van der Waals surface area contributed by atoms with Gasteiger partial charge in [0.15, 0.2) is 0 Å². The summed E-state index contributed by atoms with van der Waals surface area (Å²) in [6.07, 6.45) is 3.00. The van der Waals surface area contributed by atoms with Crippen LogP contribution in [0.25, 0.3) is 0 Å². The molecule has 1 aromatic heterocycles. The predicted molar refractivity (Wildman–Crippen MR) is 119 cm³/mol. The smallest absolute Gasteiger partial charge is 0.410 e. The third kappa shape index (κ3) is 5.66. The predicted octanol–water partition coefficient (Wildman–Crippen LogP) is 4.46. The number of likely N-dealkylation sites (tertiary alicyclic amines) is 1. The van der Waals surface area contributed by atoms with Crippen LogP contribution in [0.5, 0.6) is 0 Å². The minimum Gasteiger partial charge on any atom is -0.444 e. The molecule has 2 heterocycles. The molecule has 1 N–H and O–H groups in total. The molecule has 9 heteroatoms. The van der Waals surface area contributed by atoms with Crippen molar-refractivity contribution in [3.63, 3.8) is 0 Å². The molecule has 1 aliphatic heterocycles. The molecule has 2 amide bonds. The van der Waals surface area contributed by atoms with Crippen LogP contribution in [0.4, 0.5) is 10.5 Å². The lowest BCUT2D eigenvalue weighted by molar-refractivity contribution is -0.384. The highest BCUT2D eigenvalue weighted by Gasteiger charge is 2.29. The monoisotopic (exact) mass is 442 g/mol. The maximum absolute atomic E-state index is 13.0. The first-order valence-corrected chi connectivity index (χ1v) is 10.7. The van der Waals surface area contributed by atoms with Gasteiger partial charge in [-0.3, -0.25) is 14.9 Å². The number of hydrogen-bond donors (Lipinski definition) is 1. The quantitative estimate of drug-likeness (QED) is 0.543. The Morgan fingerprint density at radius 3 is 2.50 bits per heavy atom. The molecule has 0 spiro atoms. The van der Waals surface area contributed by atoms with Gasteiger partial charge in [0.05, 0.1) is 11.0 Å². The number of nitro benzene ring substituents is 1. The molecule has 0 bridgehead atoms. The minimum absolute atomic E-state index is 0.0104. The van der Waals surface area contributed by atoms with Crippen molar-refractivity contribution in [2.45, 2.75) is 58.2 Å². The number of nitrogens with one attached hydrogen (secondary N) is 1. The molecule has 172 valence electrons. The van der Waals surface area contributed by atoms with E-state index in [2.05, 4.69) is 5.32 Å². The Morgan fingerprint density at radius 2 is 1.88 bits per heavy atom. The van der Waals surface area contributed by atoms with Gasteiger partial charge in [0, 0.05) is 37.5 Å². The lowest BCUT2D eigenvalue weighted by atomic mass is 10.0. The second kappa shape index (κ2) is 9.42. The largest absolute Gasteiger partial charge is 0.444 e. The number of carbonyl (C=O) groups excluding carboxylic acids is 2. The van der Waals surface area contributed by atoms with Crippen LogP contribution in [-0.4, -0.2) is 45.1 Å². The molecule has 2 aromatic rings. The zero-order valence-electron chi connectivity index (χ0n) is 18.9. The van der Waals surface area contributed by atoms with Gasteiger partial charge in [0.2, 0.25) is 0 Å². The van der Waals surface area contributed by atoms with Crippen LogP contribution in [-0.2, 0) is 4.74 Å². The molecule has 1 saturated heterocycles. The molecular formula is C23H30N4O5. The van der Waals surface area contributed by atoms with E-state index in [9.17, 15) is 19.7 Å². The van der Waals surface area contributed by atoms with E-state index >= 15 is 0 Å². The van der Waals surface area contributed by atoms with Crippen molar-refractivity contribution < 1.29 is 19.2 Å². The third-order valence-electron chi connectivity index (χ3n) is 5.45. The van der Waals surface area contributed by atoms with Crippen LogP contribution in [0.1, 0.15) is 68.7 Å². The molecule has 3 rings (SSSR count). The number of hydrogen-bond acceptors (Lipinski definition) is 5. The normalized spacial score (nSPS) is 15.8. The van der Waals surface area contributed by atoms with Gasteiger partial charge < -0.3 is 19.5 Å². The fourth-order valence-corrected chi connectivity index (χ4v) is 3.82. The average Bonchev–Trinajstić information content (AvgIpc) is 3.22. The number of amides is 2. The van der Waals surface area contributed by atoms with Gasteiger partial charge in [0.1, 0.15) is 11.3 Å². The molecule has 1 aliphatic rings. The van der Waals surface area contributed by atoms with Gasteiger partial charge in [-0.25, -0.2) is 4.79 Å². The summed E-state index contributed by atoms with van der Waals surface area (Å²) in [5, 5.41) is 14.0. The number of benzene rings is 1. The fourth-order valence-electron chi connectivity index (χ4n) is 3.82. The molecule has 1 aromatic carbocycles. The summed E-state index contributed by atoms with van der Waals surface area (Å²) in [5.41, 5.74) is 0.646. The molecule has 1 unspecified atom stereocenters. The van der Waals surface area contributed by atoms with Crippen molar-refractivity contribution in [2.24, 2.45) is 0 Å². The molecular weight excluding hydrogens is 412 g/mol. The van der Waals surface area contributed by atoms with Gasteiger partial charge in [-0.05, 0) is 58.2 Å². The lowest BCUT2D eigenvalue weighted by Crippen LogP contribution is -2.42. The van der Waals surface area contributed by atoms with Crippen LogP contribution in [0.3, 0.4) is 0 Å². The van der Waals surface area contributed by atoms with Crippen molar-refractivity contribution in [3.8, 4) is 0 Å². The fraction of sp³-hybridized carbons (Fsp3) is 0.478. The number of aromatic nitrogens is 1. The van der Waals surface area contributed by atoms with Crippen molar-refractivity contribution in [1.82, 2.24) is 14.8 Å². The van der Waals surface area contributed by atoms with E-state index in [0.717, 1.165) is 0 Å². The number of nitrogens with zero attached hydrogens (tertiary/aromatic N) is 3. The van der Waals surface area contributed by atoms with Crippen molar-refractivity contribution in [1.29, 1.82) is 0 Å². The SMILES string of the molecule is CC(NC(=O)c1cccn1C1CCN(C(=O)OC(C)(C)C)CC1)c1cccc([N+](=O)[O-])c1. The number of nitro groups is 1. The van der Waals surface area contributed by atoms with Crippen LogP contribution in [0.15, 0.2) is 42.6 Å². The van der Waals surface area contributed by atoms with Crippen molar-refractivity contribution in [3.05, 3.63) is 64.0 Å². The summed E-state index contributed by atoms with van der Waals surface area (Å²) in [6, 6.07) is 9.55. The molecule has 1 atom stereocenters. The first-order chi connectivity index (χ1) is 15.0. The Bertz CT molecular complexity index is 986. The zero-order valence-corrected chi connectivity index (χ0v) is 18.9. The summed E-state index contributed by atoms with van der Waals surface area (Å²) < 4.78 is 7.39. The highest BCUT2D eigenvalue weighted by molar-refractivity contribution is 5.93. The summed E-state index contributed by atoms with van der Waals surface area (Å²) in [5.74, 6) is -0.247. The Labute approximate surface area is 187 Å². The Morgan fingerprint density at radius 1 is 1.19 bits per heavy atom. The number of piperidine rings is 1. The van der Waals surface area contributed by atoms with Gasteiger partial charge in [-0.2, -0.15) is 0 Å². The van der Waals surface area contributed by atoms with Gasteiger partial charge in [0.25, 0.3) is 11.6 Å². The highest BCUT2D eigenvalue weighted by Crippen LogP contribution is 2.26. The topological polar surface area (TPSA) is 107 Å². The summed E-state index contributed by atoms with van der Waals surface area (Å²) >= 11 is 0. The summed E-state index contributed by atoms with van der Waals surface area (Å²) in [6.45, 7) is 8.44. The molecule has 0 aliphatic carbocycles. The average molecular weight is 443 g/mol. The van der Waals surface area contributed by atoms with E-state index < -0.39 is 10.5 Å². The number of non-ortho nitro benzene ring substituents is 1. The van der Waals surface area contributed by atoms with Crippen LogP contribution in [0, 0.1) is 10.1 Å². The van der Waals surface area contributed by atoms with E-state index in [4.69, 9.17) is 4.74 Å². The number of rotatable bonds is 5. The van der Waals surface area contributed by atoms with E-state index in [-0.39, 0.29) is 29.8 Å². The molecule has 32 heavy (non-hydrogen) atoms. The maximum Gasteiger partial charge on any atom is 0.410 e. The van der Waals surface area contributed by atoms with Crippen LogP contribution < -0.4 is 5.32 Å². The van der Waals surface area contributed by atoms with E-state index in [1.165, 1.54) is 12.1 Å². The Kier molecular flexibility index (Phi) is 6.86. The number of carbonyl (C=O) groups is 2. The van der Waals surface area contributed by atoms with Crippen LogP contribution in [0.2, 0.25) is 0 Å². The zero-order chi connectivity index (χ0) is 23.5. The third-order valence-corrected chi connectivity index (χ3v) is 5.45. The molecule has 0 saturated carbocycles. The first-order valence-electron chi connectivity index (χ1n) is 10.7. The van der Waals surface area contributed by atoms with Gasteiger partial charge in [-0.15, -0.1) is 0 Å². The van der Waals surface area contributed by atoms with Crippen molar-refractivity contribution >= 4 is 17.7 Å². The van der Waals surface area contributed by atoms with E-state index in [1.807, 2.05) is 37.6 Å². The van der Waals surface area contributed by atoms with Gasteiger partial charge >= 0.3 is 6.09 Å². The highest BCUT2D eigenvalue weighted by atomic mass is 16.6. The summed E-state index contributed by atoms with van der Waals surface area (Å²) in [7, 11) is 0. The molecule has 0 radical (unpaired) electrons. The Balaban J connectivity index is 1.63. The van der Waals surface area contributed by atoms with E-state index in [1.54, 1.807) is 30.0 Å². The molecule has 9 nitrogen and oxygen atoms in total. The standard InChI is InChI=1S/C23H30N4O5/c1-16(17-7-5-8-19(15-17)27(30)31)24-21(28)20-9-6-12-26(20)18-10-13-25(14-11-18)22(29)32-23(2,3)4/h5-9,12,15-16,18H,10-11,13-14H2,1-4H3,(H,24,28). The molecule has 1 fully saturated rings. The van der Waals surface area contributed by atoms with Gasteiger partial charge in [-0.1, -0.05) is 12.1 Å². The Hall–Kier alpha value is -3.36. The summed E-state index contributed by atoms with van der Waals surface area (Å²) in [4.78, 5) is 37.5. The second-order valence-electron chi connectivity index (χ2n) is 9.05. The van der Waals surface area contributed by atoms with E-state index in [0.29, 0.717) is 37.2 Å². The number of ether oxygens (including phenoxy) is 1. The van der Waals surface area contributed by atoms with Crippen molar-refractivity contribution in [2.75, 3.05) is 13.1 Å². The maximum atomic E-state index is 13.0. The van der Waals surface area contributed by atoms with Crippen LogP contribution >= 0.6 is 0 Å². The first kappa shape index (κ1) is 23.3. The minimum atomic E-state index is -0.532. The second-order valence-corrected chi connectivity index (χ2v) is 9.05.